The monoisotopic (exact) mass is 439 g/mol. The lowest BCUT2D eigenvalue weighted by Gasteiger charge is -2.25. The number of rotatable bonds is 9. The molecule has 3 rings (SSSR count). The minimum atomic E-state index is -0.422. The second-order valence-corrected chi connectivity index (χ2v) is 8.35. The molecule has 162 valence electrons. The van der Waals surface area contributed by atoms with Gasteiger partial charge in [-0.05, 0) is 38.1 Å². The van der Waals surface area contributed by atoms with Gasteiger partial charge >= 0.3 is 0 Å². The number of nitrogens with two attached hydrogens (primary N) is 1. The second kappa shape index (κ2) is 10.2. The average Bonchev–Trinajstić information content (AvgIpc) is 2.72. The molecule has 0 atom stereocenters. The SMILES string of the molecule is CC(C)N(CC(=O)Nc1ccccc1SCC(N)=O)Cc1nc2ccccc2c(=O)[nH]1. The first-order valence-corrected chi connectivity index (χ1v) is 10.8. The van der Waals surface area contributed by atoms with Crippen LogP contribution in [-0.4, -0.2) is 45.0 Å². The van der Waals surface area contributed by atoms with E-state index < -0.39 is 5.91 Å². The molecule has 8 nitrogen and oxygen atoms in total. The molecule has 0 bridgehead atoms. The van der Waals surface area contributed by atoms with E-state index in [-0.39, 0.29) is 29.8 Å². The number of carbonyl (C=O) groups is 2. The fourth-order valence-electron chi connectivity index (χ4n) is 3.04. The number of para-hydroxylation sites is 2. The van der Waals surface area contributed by atoms with Crippen molar-refractivity contribution in [3.05, 3.63) is 64.7 Å². The Morgan fingerprint density at radius 2 is 1.87 bits per heavy atom. The molecule has 0 aliphatic heterocycles. The highest BCUT2D eigenvalue weighted by molar-refractivity contribution is 8.00. The number of thioether (sulfide) groups is 1. The van der Waals surface area contributed by atoms with Crippen molar-refractivity contribution < 1.29 is 9.59 Å². The number of hydrogen-bond acceptors (Lipinski definition) is 6. The van der Waals surface area contributed by atoms with E-state index in [1.807, 2.05) is 43.0 Å². The van der Waals surface area contributed by atoms with Crippen LogP contribution in [0, 0.1) is 0 Å². The predicted molar refractivity (Wildman–Crippen MR) is 123 cm³/mol. The van der Waals surface area contributed by atoms with Crippen LogP contribution in [0.5, 0.6) is 0 Å². The molecule has 3 aromatic rings. The van der Waals surface area contributed by atoms with Crippen LogP contribution in [0.15, 0.2) is 58.2 Å². The third kappa shape index (κ3) is 6.16. The fraction of sp³-hybridized carbons (Fsp3) is 0.273. The molecule has 4 N–H and O–H groups in total. The molecule has 0 fully saturated rings. The number of fused-ring (bicyclic) bond motifs is 1. The van der Waals surface area contributed by atoms with Crippen molar-refractivity contribution in [1.82, 2.24) is 14.9 Å². The summed E-state index contributed by atoms with van der Waals surface area (Å²) in [5.41, 5.74) is 6.27. The largest absolute Gasteiger partial charge is 0.369 e. The summed E-state index contributed by atoms with van der Waals surface area (Å²) >= 11 is 1.28. The van der Waals surface area contributed by atoms with Crippen molar-refractivity contribution >= 4 is 40.2 Å². The number of benzene rings is 2. The summed E-state index contributed by atoms with van der Waals surface area (Å²) in [6.45, 7) is 4.39. The summed E-state index contributed by atoms with van der Waals surface area (Å²) in [7, 11) is 0. The molecule has 1 heterocycles. The lowest BCUT2D eigenvalue weighted by Crippen LogP contribution is -2.38. The summed E-state index contributed by atoms with van der Waals surface area (Å²) in [4.78, 5) is 46.2. The number of primary amides is 1. The average molecular weight is 440 g/mol. The number of amides is 2. The maximum Gasteiger partial charge on any atom is 0.258 e. The van der Waals surface area contributed by atoms with E-state index in [1.165, 1.54) is 11.8 Å². The van der Waals surface area contributed by atoms with E-state index in [2.05, 4.69) is 15.3 Å². The highest BCUT2D eigenvalue weighted by atomic mass is 32.2. The Morgan fingerprint density at radius 1 is 1.16 bits per heavy atom. The van der Waals surface area contributed by atoms with Gasteiger partial charge in [0.25, 0.3) is 5.56 Å². The van der Waals surface area contributed by atoms with Gasteiger partial charge in [0.2, 0.25) is 11.8 Å². The fourth-order valence-corrected chi connectivity index (χ4v) is 3.79. The third-order valence-electron chi connectivity index (χ3n) is 4.62. The van der Waals surface area contributed by atoms with E-state index in [9.17, 15) is 14.4 Å². The molecular weight excluding hydrogens is 414 g/mol. The first kappa shape index (κ1) is 22.5. The molecule has 0 unspecified atom stereocenters. The molecule has 9 heteroatoms. The molecule has 1 aromatic heterocycles. The van der Waals surface area contributed by atoms with Gasteiger partial charge in [-0.2, -0.15) is 0 Å². The van der Waals surface area contributed by atoms with Crippen LogP contribution in [0.4, 0.5) is 5.69 Å². The van der Waals surface area contributed by atoms with Crippen LogP contribution < -0.4 is 16.6 Å². The summed E-state index contributed by atoms with van der Waals surface area (Å²) < 4.78 is 0. The van der Waals surface area contributed by atoms with E-state index in [4.69, 9.17) is 5.73 Å². The minimum Gasteiger partial charge on any atom is -0.369 e. The number of nitrogens with zero attached hydrogens (tertiary/aromatic N) is 2. The topological polar surface area (TPSA) is 121 Å². The second-order valence-electron chi connectivity index (χ2n) is 7.33. The lowest BCUT2D eigenvalue weighted by molar-refractivity contribution is -0.118. The first-order valence-electron chi connectivity index (χ1n) is 9.85. The Balaban J connectivity index is 1.72. The van der Waals surface area contributed by atoms with E-state index >= 15 is 0 Å². The van der Waals surface area contributed by atoms with Crippen molar-refractivity contribution in [2.45, 2.75) is 31.3 Å². The number of anilines is 1. The van der Waals surface area contributed by atoms with Crippen LogP contribution in [0.1, 0.15) is 19.7 Å². The Kier molecular flexibility index (Phi) is 7.43. The minimum absolute atomic E-state index is 0.0435. The molecule has 0 spiro atoms. The van der Waals surface area contributed by atoms with Crippen molar-refractivity contribution in [3.63, 3.8) is 0 Å². The predicted octanol–water partition coefficient (Wildman–Crippen LogP) is 2.35. The van der Waals surface area contributed by atoms with Crippen LogP contribution in [0.25, 0.3) is 10.9 Å². The van der Waals surface area contributed by atoms with Gasteiger partial charge in [-0.15, -0.1) is 11.8 Å². The highest BCUT2D eigenvalue weighted by Crippen LogP contribution is 2.26. The van der Waals surface area contributed by atoms with Gasteiger partial charge in [0.15, 0.2) is 0 Å². The smallest absolute Gasteiger partial charge is 0.258 e. The van der Waals surface area contributed by atoms with Crippen molar-refractivity contribution in [2.75, 3.05) is 17.6 Å². The Bertz CT molecular complexity index is 1150. The maximum absolute atomic E-state index is 12.7. The Hall–Kier alpha value is -3.17. The number of H-pyrrole nitrogens is 1. The number of nitrogens with one attached hydrogen (secondary N) is 2. The van der Waals surface area contributed by atoms with Crippen LogP contribution in [0.3, 0.4) is 0 Å². The van der Waals surface area contributed by atoms with Crippen LogP contribution in [0.2, 0.25) is 0 Å². The zero-order valence-electron chi connectivity index (χ0n) is 17.4. The quantitative estimate of drug-likeness (QED) is 0.440. The molecule has 31 heavy (non-hydrogen) atoms. The van der Waals surface area contributed by atoms with Gasteiger partial charge in [0.1, 0.15) is 5.82 Å². The van der Waals surface area contributed by atoms with Crippen LogP contribution in [-0.2, 0) is 16.1 Å². The first-order chi connectivity index (χ1) is 14.8. The number of hydrogen-bond donors (Lipinski definition) is 3. The van der Waals surface area contributed by atoms with E-state index in [0.29, 0.717) is 29.0 Å². The van der Waals surface area contributed by atoms with E-state index in [0.717, 1.165) is 4.90 Å². The zero-order valence-corrected chi connectivity index (χ0v) is 18.2. The maximum atomic E-state index is 12.7. The van der Waals surface area contributed by atoms with Crippen molar-refractivity contribution in [2.24, 2.45) is 5.73 Å². The summed E-state index contributed by atoms with van der Waals surface area (Å²) in [6.07, 6.45) is 0. The molecule has 2 aromatic carbocycles. The summed E-state index contributed by atoms with van der Waals surface area (Å²) in [6, 6.07) is 14.4. The molecular formula is C22H25N5O3S. The highest BCUT2D eigenvalue weighted by Gasteiger charge is 2.17. The van der Waals surface area contributed by atoms with Gasteiger partial charge in [0.05, 0.1) is 35.4 Å². The number of aromatic amines is 1. The van der Waals surface area contributed by atoms with E-state index in [1.54, 1.807) is 24.3 Å². The number of aromatic nitrogens is 2. The molecule has 2 amide bonds. The third-order valence-corrected chi connectivity index (χ3v) is 5.72. The van der Waals surface area contributed by atoms with Gasteiger partial charge < -0.3 is 16.0 Å². The Labute approximate surface area is 184 Å². The lowest BCUT2D eigenvalue weighted by atomic mass is 10.2. The van der Waals surface area contributed by atoms with Gasteiger partial charge in [-0.25, -0.2) is 4.98 Å². The number of carbonyl (C=O) groups excluding carboxylic acids is 2. The van der Waals surface area contributed by atoms with Crippen molar-refractivity contribution in [3.8, 4) is 0 Å². The van der Waals surface area contributed by atoms with Gasteiger partial charge in [0, 0.05) is 10.9 Å². The summed E-state index contributed by atoms with van der Waals surface area (Å²) in [5.74, 6) is 0.00647. The van der Waals surface area contributed by atoms with Gasteiger partial charge in [-0.3, -0.25) is 19.3 Å². The molecule has 0 aliphatic rings. The summed E-state index contributed by atoms with van der Waals surface area (Å²) in [5, 5.41) is 3.43. The molecule has 0 aliphatic carbocycles. The zero-order chi connectivity index (χ0) is 22.4. The molecule has 0 radical (unpaired) electrons. The Morgan fingerprint density at radius 3 is 2.61 bits per heavy atom. The normalized spacial score (nSPS) is 11.2. The standard InChI is InChI=1S/C22H25N5O3S/c1-14(2)27(11-20-24-16-8-4-3-7-15(16)22(30)26-20)12-21(29)25-17-9-5-6-10-18(17)31-13-19(23)28/h3-10,14H,11-13H2,1-2H3,(H2,23,28)(H,25,29)(H,24,26,30). The molecule has 0 saturated heterocycles. The van der Waals surface area contributed by atoms with Gasteiger partial charge in [-0.1, -0.05) is 24.3 Å². The van der Waals surface area contributed by atoms with Crippen molar-refractivity contribution in [1.29, 1.82) is 0 Å². The molecule has 0 saturated carbocycles. The van der Waals surface area contributed by atoms with Crippen LogP contribution >= 0.6 is 11.8 Å².